The molecule has 0 spiro atoms. The molecule has 2 heterocycles. The normalized spacial score (nSPS) is 26.3. The molecule has 1 N–H and O–H groups in total. The number of amides is 1. The van der Waals surface area contributed by atoms with Gasteiger partial charge in [0.25, 0.3) is 0 Å². The molecule has 0 saturated carbocycles. The second-order valence-corrected chi connectivity index (χ2v) is 6.49. The van der Waals surface area contributed by atoms with Gasteiger partial charge in [-0.05, 0) is 37.0 Å². The predicted octanol–water partition coefficient (Wildman–Crippen LogP) is 2.34. The van der Waals surface area contributed by atoms with Gasteiger partial charge in [0.1, 0.15) is 0 Å². The van der Waals surface area contributed by atoms with Crippen molar-refractivity contribution in [3.05, 3.63) is 34.3 Å². The Morgan fingerprint density at radius 1 is 1.32 bits per heavy atom. The third-order valence-corrected chi connectivity index (χ3v) is 4.61. The molecule has 2 saturated heterocycles. The summed E-state index contributed by atoms with van der Waals surface area (Å²) in [5.41, 5.74) is 1.08. The van der Waals surface area contributed by atoms with E-state index in [1.807, 2.05) is 29.2 Å². The Morgan fingerprint density at radius 3 is 3.00 bits per heavy atom. The molecule has 0 aromatic heterocycles. The van der Waals surface area contributed by atoms with Crippen molar-refractivity contribution >= 4 is 21.8 Å². The number of likely N-dealkylation sites (tertiary alicyclic amines) is 1. The highest BCUT2D eigenvalue weighted by Gasteiger charge is 2.30. The van der Waals surface area contributed by atoms with E-state index in [9.17, 15) is 4.79 Å². The summed E-state index contributed by atoms with van der Waals surface area (Å²) in [5.74, 6) is 0.257. The Kier molecular flexibility index (Phi) is 3.89. The summed E-state index contributed by atoms with van der Waals surface area (Å²) in [7, 11) is 0. The van der Waals surface area contributed by atoms with Crippen LogP contribution in [0.15, 0.2) is 28.7 Å². The van der Waals surface area contributed by atoms with Gasteiger partial charge in [-0.1, -0.05) is 28.1 Å². The number of benzene rings is 1. The number of fused-ring (bicyclic) bond motifs is 2. The third-order valence-electron chi connectivity index (χ3n) is 4.12. The predicted molar refractivity (Wildman–Crippen MR) is 79.0 cm³/mol. The van der Waals surface area contributed by atoms with Gasteiger partial charge < -0.3 is 10.2 Å². The number of halogens is 1. The van der Waals surface area contributed by atoms with E-state index >= 15 is 0 Å². The minimum atomic E-state index is 0.257. The van der Waals surface area contributed by atoms with Gasteiger partial charge in [0.2, 0.25) is 5.91 Å². The molecule has 2 atom stereocenters. The number of hydrogen-bond donors (Lipinski definition) is 1. The van der Waals surface area contributed by atoms with Crippen molar-refractivity contribution in [2.75, 3.05) is 13.1 Å². The summed E-state index contributed by atoms with van der Waals surface area (Å²) in [6.07, 6.45) is 4.10. The summed E-state index contributed by atoms with van der Waals surface area (Å²) in [6.45, 7) is 1.78. The molecule has 0 radical (unpaired) electrons. The lowest BCUT2D eigenvalue weighted by Gasteiger charge is -2.24. The lowest BCUT2D eigenvalue weighted by Crippen LogP contribution is -2.39. The van der Waals surface area contributed by atoms with Crippen LogP contribution in [0.25, 0.3) is 0 Å². The van der Waals surface area contributed by atoms with Crippen molar-refractivity contribution in [2.45, 2.75) is 37.8 Å². The molecular formula is C15H19BrN2O. The summed E-state index contributed by atoms with van der Waals surface area (Å²) in [5, 5.41) is 3.61. The second-order valence-electron chi connectivity index (χ2n) is 5.57. The van der Waals surface area contributed by atoms with Crippen molar-refractivity contribution in [1.29, 1.82) is 0 Å². The quantitative estimate of drug-likeness (QED) is 0.906. The highest BCUT2D eigenvalue weighted by Crippen LogP contribution is 2.21. The molecule has 2 unspecified atom stereocenters. The van der Waals surface area contributed by atoms with Crippen LogP contribution in [0.2, 0.25) is 0 Å². The number of carbonyl (C=O) groups is 1. The summed E-state index contributed by atoms with van der Waals surface area (Å²) < 4.78 is 1.04. The minimum absolute atomic E-state index is 0.257. The summed E-state index contributed by atoms with van der Waals surface area (Å²) >= 11 is 3.45. The molecule has 1 amide bonds. The number of nitrogens with one attached hydrogen (secondary N) is 1. The van der Waals surface area contributed by atoms with Gasteiger partial charge in [-0.2, -0.15) is 0 Å². The van der Waals surface area contributed by atoms with E-state index in [2.05, 4.69) is 21.2 Å². The molecule has 2 bridgehead atoms. The van der Waals surface area contributed by atoms with E-state index in [0.717, 1.165) is 29.5 Å². The van der Waals surface area contributed by atoms with Gasteiger partial charge in [-0.25, -0.2) is 0 Å². The Labute approximate surface area is 122 Å². The van der Waals surface area contributed by atoms with Gasteiger partial charge in [0, 0.05) is 29.6 Å². The smallest absolute Gasteiger partial charge is 0.227 e. The fourth-order valence-electron chi connectivity index (χ4n) is 3.10. The van der Waals surface area contributed by atoms with Crippen molar-refractivity contribution < 1.29 is 4.79 Å². The summed E-state index contributed by atoms with van der Waals surface area (Å²) in [6, 6.07) is 9.17. The van der Waals surface area contributed by atoms with Crippen molar-refractivity contribution in [2.24, 2.45) is 0 Å². The van der Waals surface area contributed by atoms with E-state index in [-0.39, 0.29) is 5.91 Å². The Bertz CT molecular complexity index is 477. The molecule has 4 heteroatoms. The molecule has 19 heavy (non-hydrogen) atoms. The maximum absolute atomic E-state index is 12.4. The average Bonchev–Trinajstić information content (AvgIpc) is 2.68. The molecule has 2 aliphatic heterocycles. The molecule has 1 aromatic carbocycles. The fourth-order valence-corrected chi connectivity index (χ4v) is 3.55. The second kappa shape index (κ2) is 5.63. The van der Waals surface area contributed by atoms with Crippen LogP contribution in [-0.4, -0.2) is 36.0 Å². The zero-order valence-corrected chi connectivity index (χ0v) is 12.5. The lowest BCUT2D eigenvalue weighted by atomic mass is 10.1. The minimum Gasteiger partial charge on any atom is -0.341 e. The monoisotopic (exact) mass is 322 g/mol. The molecule has 102 valence electrons. The highest BCUT2D eigenvalue weighted by molar-refractivity contribution is 9.10. The maximum Gasteiger partial charge on any atom is 0.227 e. The maximum atomic E-state index is 12.4. The van der Waals surface area contributed by atoms with Crippen LogP contribution < -0.4 is 5.32 Å². The molecule has 1 aromatic rings. The van der Waals surface area contributed by atoms with Crippen LogP contribution in [0, 0.1) is 0 Å². The van der Waals surface area contributed by atoms with Crippen molar-refractivity contribution in [3.63, 3.8) is 0 Å². The van der Waals surface area contributed by atoms with Crippen LogP contribution in [-0.2, 0) is 11.2 Å². The highest BCUT2D eigenvalue weighted by atomic mass is 79.9. The van der Waals surface area contributed by atoms with Gasteiger partial charge >= 0.3 is 0 Å². The van der Waals surface area contributed by atoms with E-state index in [0.29, 0.717) is 18.5 Å². The van der Waals surface area contributed by atoms with Gasteiger partial charge in [-0.3, -0.25) is 4.79 Å². The molecule has 3 rings (SSSR count). The first-order chi connectivity index (χ1) is 9.20. The molecule has 2 aliphatic rings. The van der Waals surface area contributed by atoms with E-state index in [1.165, 1.54) is 12.8 Å². The first-order valence-corrected chi connectivity index (χ1v) is 7.78. The average molecular weight is 323 g/mol. The van der Waals surface area contributed by atoms with Crippen molar-refractivity contribution in [1.82, 2.24) is 10.2 Å². The van der Waals surface area contributed by atoms with Crippen LogP contribution in [0.3, 0.4) is 0 Å². The van der Waals surface area contributed by atoms with Crippen LogP contribution in [0.4, 0.5) is 0 Å². The molecule has 3 nitrogen and oxygen atoms in total. The van der Waals surface area contributed by atoms with Crippen LogP contribution in [0.1, 0.15) is 24.8 Å². The number of nitrogens with zero attached hydrogens (tertiary/aromatic N) is 1. The number of hydrogen-bond acceptors (Lipinski definition) is 2. The molecule has 2 fully saturated rings. The van der Waals surface area contributed by atoms with Gasteiger partial charge in [-0.15, -0.1) is 0 Å². The molecule has 0 aliphatic carbocycles. The number of carbonyl (C=O) groups excluding carboxylic acids is 1. The van der Waals surface area contributed by atoms with Crippen molar-refractivity contribution in [3.8, 4) is 0 Å². The third kappa shape index (κ3) is 3.18. The Morgan fingerprint density at radius 2 is 2.16 bits per heavy atom. The fraction of sp³-hybridized carbons (Fsp3) is 0.533. The van der Waals surface area contributed by atoms with Gasteiger partial charge in [0.05, 0.1) is 6.42 Å². The lowest BCUT2D eigenvalue weighted by molar-refractivity contribution is -0.130. The number of rotatable bonds is 2. The van der Waals surface area contributed by atoms with Crippen LogP contribution in [0.5, 0.6) is 0 Å². The topological polar surface area (TPSA) is 32.3 Å². The zero-order valence-electron chi connectivity index (χ0n) is 10.9. The first kappa shape index (κ1) is 13.1. The zero-order chi connectivity index (χ0) is 13.2. The summed E-state index contributed by atoms with van der Waals surface area (Å²) in [4.78, 5) is 14.4. The van der Waals surface area contributed by atoms with Gasteiger partial charge in [0.15, 0.2) is 0 Å². The van der Waals surface area contributed by atoms with Crippen LogP contribution >= 0.6 is 15.9 Å². The molecular weight excluding hydrogens is 304 g/mol. The first-order valence-electron chi connectivity index (χ1n) is 6.99. The Balaban J connectivity index is 1.64. The largest absolute Gasteiger partial charge is 0.341 e. The SMILES string of the molecule is O=C(Cc1cccc(Br)c1)N1CCC2CCC(C1)N2. The van der Waals surface area contributed by atoms with E-state index in [1.54, 1.807) is 0 Å². The standard InChI is InChI=1S/C15H19BrN2O/c16-12-3-1-2-11(8-12)9-15(19)18-7-6-13-4-5-14(10-18)17-13/h1-3,8,13-14,17H,4-7,9-10H2. The Hall–Kier alpha value is -0.870. The van der Waals surface area contributed by atoms with E-state index < -0.39 is 0 Å². The van der Waals surface area contributed by atoms with E-state index in [4.69, 9.17) is 0 Å².